The van der Waals surface area contributed by atoms with Crippen molar-refractivity contribution in [3.63, 3.8) is 0 Å². The molecule has 2 rings (SSSR count). The van der Waals surface area contributed by atoms with Gasteiger partial charge in [0.1, 0.15) is 11.5 Å². The third kappa shape index (κ3) is 5.54. The van der Waals surface area contributed by atoms with Gasteiger partial charge in [-0.25, -0.2) is 4.79 Å². The zero-order valence-electron chi connectivity index (χ0n) is 14.1. The smallest absolute Gasteiger partial charge is 0.347 e. The lowest BCUT2D eigenvalue weighted by Crippen LogP contribution is -2.29. The predicted molar refractivity (Wildman–Crippen MR) is 99.1 cm³/mol. The lowest BCUT2D eigenvalue weighted by Gasteiger charge is -2.14. The predicted octanol–water partition coefficient (Wildman–Crippen LogP) is 3.95. The second-order valence-corrected chi connectivity index (χ2v) is 5.98. The lowest BCUT2D eigenvalue weighted by atomic mass is 10.3. The number of benzene rings is 2. The Morgan fingerprint density at radius 3 is 2.38 bits per heavy atom. The Kier molecular flexibility index (Phi) is 7.12. The maximum Gasteiger partial charge on any atom is 0.347 e. The van der Waals surface area contributed by atoms with E-state index < -0.39 is 24.6 Å². The Balaban J connectivity index is 1.82. The van der Waals surface area contributed by atoms with E-state index in [1.165, 1.54) is 6.92 Å². The molecule has 2 aromatic carbocycles. The van der Waals surface area contributed by atoms with Crippen LogP contribution in [-0.4, -0.2) is 31.7 Å². The third-order valence-electron chi connectivity index (χ3n) is 3.28. The van der Waals surface area contributed by atoms with Gasteiger partial charge < -0.3 is 19.5 Å². The zero-order valence-corrected chi connectivity index (χ0v) is 15.6. The minimum absolute atomic E-state index is 0.213. The van der Waals surface area contributed by atoms with E-state index in [-0.39, 0.29) is 5.02 Å². The van der Waals surface area contributed by atoms with E-state index in [9.17, 15) is 9.59 Å². The summed E-state index contributed by atoms with van der Waals surface area (Å²) in [6.45, 7) is 1.05. The van der Waals surface area contributed by atoms with E-state index in [1.54, 1.807) is 49.6 Å². The van der Waals surface area contributed by atoms with Crippen LogP contribution in [-0.2, 0) is 14.3 Å². The molecule has 8 heteroatoms. The number of ether oxygens (including phenoxy) is 3. The second kappa shape index (κ2) is 9.31. The van der Waals surface area contributed by atoms with Gasteiger partial charge in [0.05, 0.1) is 22.8 Å². The van der Waals surface area contributed by atoms with E-state index in [1.807, 2.05) is 0 Å². The van der Waals surface area contributed by atoms with Crippen molar-refractivity contribution in [1.29, 1.82) is 0 Å². The summed E-state index contributed by atoms with van der Waals surface area (Å²) >= 11 is 11.8. The SMILES string of the molecule is COc1ccc(OC(C)C(=O)OCC(=O)Nc2cccc(Cl)c2Cl)cc1. The molecule has 1 atom stereocenters. The van der Waals surface area contributed by atoms with Crippen LogP contribution in [0, 0.1) is 0 Å². The number of carbonyl (C=O) groups excluding carboxylic acids is 2. The zero-order chi connectivity index (χ0) is 19.1. The standard InChI is InChI=1S/C18H17Cl2NO5/c1-11(26-13-8-6-12(24-2)7-9-13)18(23)25-10-16(22)21-15-5-3-4-14(19)17(15)20/h3-9,11H,10H2,1-2H3,(H,21,22). The summed E-state index contributed by atoms with van der Waals surface area (Å²) in [4.78, 5) is 23.8. The second-order valence-electron chi connectivity index (χ2n) is 5.19. The first kappa shape index (κ1) is 19.9. The Morgan fingerprint density at radius 1 is 1.08 bits per heavy atom. The fourth-order valence-corrected chi connectivity index (χ4v) is 2.29. The first-order chi connectivity index (χ1) is 12.4. The van der Waals surface area contributed by atoms with E-state index >= 15 is 0 Å². The maximum atomic E-state index is 11.9. The summed E-state index contributed by atoms with van der Waals surface area (Å²) in [6, 6.07) is 11.6. The molecule has 0 spiro atoms. The van der Waals surface area contributed by atoms with E-state index in [0.29, 0.717) is 22.2 Å². The Morgan fingerprint density at radius 2 is 1.73 bits per heavy atom. The largest absolute Gasteiger partial charge is 0.497 e. The molecular formula is C18H17Cl2NO5. The van der Waals surface area contributed by atoms with Gasteiger partial charge >= 0.3 is 5.97 Å². The van der Waals surface area contributed by atoms with Gasteiger partial charge in [0.2, 0.25) is 0 Å². The molecule has 0 aliphatic carbocycles. The first-order valence-corrected chi connectivity index (χ1v) is 8.37. The average molecular weight is 398 g/mol. The molecule has 2 aromatic rings. The van der Waals surface area contributed by atoms with Crippen LogP contribution in [0.2, 0.25) is 10.0 Å². The van der Waals surface area contributed by atoms with Crippen LogP contribution >= 0.6 is 23.2 Å². The number of nitrogens with one attached hydrogen (secondary N) is 1. The quantitative estimate of drug-likeness (QED) is 0.715. The van der Waals surface area contributed by atoms with Gasteiger partial charge in [-0.3, -0.25) is 4.79 Å². The van der Waals surface area contributed by atoms with Crippen LogP contribution < -0.4 is 14.8 Å². The molecule has 1 unspecified atom stereocenters. The van der Waals surface area contributed by atoms with E-state index in [0.717, 1.165) is 0 Å². The van der Waals surface area contributed by atoms with Crippen molar-refractivity contribution in [1.82, 2.24) is 0 Å². The summed E-state index contributed by atoms with van der Waals surface area (Å²) in [5.74, 6) is -0.0679. The van der Waals surface area contributed by atoms with Crippen molar-refractivity contribution in [2.75, 3.05) is 19.0 Å². The summed E-state index contributed by atoms with van der Waals surface area (Å²) in [5, 5.41) is 3.04. The van der Waals surface area contributed by atoms with Crippen LogP contribution in [0.15, 0.2) is 42.5 Å². The van der Waals surface area contributed by atoms with Crippen LogP contribution in [0.25, 0.3) is 0 Å². The number of esters is 1. The topological polar surface area (TPSA) is 73.9 Å². The summed E-state index contributed by atoms with van der Waals surface area (Å²) in [5.41, 5.74) is 0.336. The first-order valence-electron chi connectivity index (χ1n) is 7.62. The summed E-state index contributed by atoms with van der Waals surface area (Å²) < 4.78 is 15.5. The van der Waals surface area contributed by atoms with Crippen molar-refractivity contribution in [2.45, 2.75) is 13.0 Å². The Labute approximate surface area is 160 Å². The molecule has 0 radical (unpaired) electrons. The summed E-state index contributed by atoms with van der Waals surface area (Å²) in [6.07, 6.45) is -0.883. The molecule has 0 fully saturated rings. The highest BCUT2D eigenvalue weighted by molar-refractivity contribution is 6.44. The minimum Gasteiger partial charge on any atom is -0.497 e. The van der Waals surface area contributed by atoms with Crippen LogP contribution in [0.3, 0.4) is 0 Å². The molecule has 6 nitrogen and oxygen atoms in total. The Bertz CT molecular complexity index is 780. The van der Waals surface area contributed by atoms with Crippen molar-refractivity contribution in [3.8, 4) is 11.5 Å². The van der Waals surface area contributed by atoms with E-state index in [2.05, 4.69) is 5.32 Å². The molecule has 26 heavy (non-hydrogen) atoms. The fraction of sp³-hybridized carbons (Fsp3) is 0.222. The van der Waals surface area contributed by atoms with Crippen LogP contribution in [0.4, 0.5) is 5.69 Å². The molecule has 0 aliphatic rings. The molecule has 0 bridgehead atoms. The molecule has 0 saturated carbocycles. The van der Waals surface area contributed by atoms with Gasteiger partial charge in [0.15, 0.2) is 12.7 Å². The Hall–Kier alpha value is -2.44. The number of methoxy groups -OCH3 is 1. The number of halogens is 2. The highest BCUT2D eigenvalue weighted by Crippen LogP contribution is 2.29. The molecule has 1 amide bonds. The molecule has 138 valence electrons. The van der Waals surface area contributed by atoms with Crippen LogP contribution in [0.5, 0.6) is 11.5 Å². The average Bonchev–Trinajstić information content (AvgIpc) is 2.64. The number of amides is 1. The normalized spacial score (nSPS) is 11.4. The lowest BCUT2D eigenvalue weighted by molar-refractivity contribution is -0.153. The number of hydrogen-bond donors (Lipinski definition) is 1. The monoisotopic (exact) mass is 397 g/mol. The number of rotatable bonds is 7. The summed E-state index contributed by atoms with van der Waals surface area (Å²) in [7, 11) is 1.55. The van der Waals surface area contributed by atoms with Crippen molar-refractivity contribution in [3.05, 3.63) is 52.5 Å². The van der Waals surface area contributed by atoms with Gasteiger partial charge in [-0.2, -0.15) is 0 Å². The molecule has 0 aliphatic heterocycles. The minimum atomic E-state index is -0.883. The van der Waals surface area contributed by atoms with Crippen molar-refractivity contribution >= 4 is 40.8 Å². The van der Waals surface area contributed by atoms with Gasteiger partial charge in [-0.15, -0.1) is 0 Å². The molecule has 0 heterocycles. The number of hydrogen-bond acceptors (Lipinski definition) is 5. The van der Waals surface area contributed by atoms with E-state index in [4.69, 9.17) is 37.4 Å². The maximum absolute atomic E-state index is 11.9. The van der Waals surface area contributed by atoms with Crippen LogP contribution in [0.1, 0.15) is 6.92 Å². The molecule has 0 saturated heterocycles. The molecular weight excluding hydrogens is 381 g/mol. The van der Waals surface area contributed by atoms with Crippen molar-refractivity contribution < 1.29 is 23.8 Å². The molecule has 0 aromatic heterocycles. The van der Waals surface area contributed by atoms with Gasteiger partial charge in [0, 0.05) is 0 Å². The number of carbonyl (C=O) groups is 2. The van der Waals surface area contributed by atoms with Gasteiger partial charge in [-0.1, -0.05) is 29.3 Å². The number of anilines is 1. The third-order valence-corrected chi connectivity index (χ3v) is 4.09. The molecule has 1 N–H and O–H groups in total. The highest BCUT2D eigenvalue weighted by Gasteiger charge is 2.18. The fourth-order valence-electron chi connectivity index (χ4n) is 1.95. The van der Waals surface area contributed by atoms with Gasteiger partial charge in [-0.05, 0) is 43.3 Å². The van der Waals surface area contributed by atoms with Crippen molar-refractivity contribution in [2.24, 2.45) is 0 Å². The van der Waals surface area contributed by atoms with Gasteiger partial charge in [0.25, 0.3) is 5.91 Å². The highest BCUT2D eigenvalue weighted by atomic mass is 35.5.